The van der Waals surface area contributed by atoms with Crippen molar-refractivity contribution in [3.05, 3.63) is 30.1 Å². The van der Waals surface area contributed by atoms with Crippen LogP contribution in [0.2, 0.25) is 0 Å². The molecule has 0 unspecified atom stereocenters. The van der Waals surface area contributed by atoms with Crippen LogP contribution in [0.3, 0.4) is 0 Å². The molecule has 0 saturated carbocycles. The maximum Gasteiger partial charge on any atom is 0.0680 e. The Balaban J connectivity index is 2.65. The zero-order valence-corrected chi connectivity index (χ0v) is 10.1. The van der Waals surface area contributed by atoms with Crippen molar-refractivity contribution in [1.82, 2.24) is 9.88 Å². The van der Waals surface area contributed by atoms with Crippen molar-refractivity contribution in [3.8, 4) is 0 Å². The van der Waals surface area contributed by atoms with Gasteiger partial charge in [-0.15, -0.1) is 0 Å². The van der Waals surface area contributed by atoms with Gasteiger partial charge in [0, 0.05) is 25.3 Å². The van der Waals surface area contributed by atoms with Gasteiger partial charge in [-0.3, -0.25) is 9.88 Å². The van der Waals surface area contributed by atoms with Crippen molar-refractivity contribution >= 4 is 5.71 Å². The van der Waals surface area contributed by atoms with Gasteiger partial charge in [-0.05, 0) is 32.9 Å². The molecule has 0 radical (unpaired) electrons. The van der Waals surface area contributed by atoms with Gasteiger partial charge in [0.1, 0.15) is 0 Å². The van der Waals surface area contributed by atoms with Gasteiger partial charge in [0.25, 0.3) is 0 Å². The molecule has 0 aliphatic rings. The van der Waals surface area contributed by atoms with Gasteiger partial charge in [0.2, 0.25) is 0 Å². The van der Waals surface area contributed by atoms with Crippen molar-refractivity contribution in [3.63, 3.8) is 0 Å². The van der Waals surface area contributed by atoms with Crippen LogP contribution in [-0.2, 0) is 6.54 Å². The van der Waals surface area contributed by atoms with Crippen LogP contribution in [0, 0.1) is 0 Å². The van der Waals surface area contributed by atoms with Crippen LogP contribution in [0.5, 0.6) is 0 Å². The minimum absolute atomic E-state index is 0.388. The van der Waals surface area contributed by atoms with Crippen molar-refractivity contribution in [2.45, 2.75) is 33.4 Å². The van der Waals surface area contributed by atoms with E-state index >= 15 is 0 Å². The lowest BCUT2D eigenvalue weighted by atomic mass is 10.2. The Bertz CT molecular complexity index is 335. The predicted octanol–water partition coefficient (Wildman–Crippen LogP) is 2.14. The average Bonchev–Trinajstić information content (AvgIpc) is 2.29. The Morgan fingerprint density at radius 3 is 2.75 bits per heavy atom. The number of aromatic nitrogens is 1. The van der Waals surface area contributed by atoms with Crippen LogP contribution in [0.1, 0.15) is 26.5 Å². The SMILES string of the molecule is CC(CN(Cc1ccccn1)C(C)C)=NO. The molecule has 4 heteroatoms. The normalized spacial score (nSPS) is 12.4. The third kappa shape index (κ3) is 3.98. The highest BCUT2D eigenvalue weighted by atomic mass is 16.4. The number of nitrogens with zero attached hydrogens (tertiary/aromatic N) is 3. The van der Waals surface area contributed by atoms with Gasteiger partial charge in [-0.2, -0.15) is 0 Å². The van der Waals surface area contributed by atoms with Gasteiger partial charge >= 0.3 is 0 Å². The monoisotopic (exact) mass is 221 g/mol. The molecular weight excluding hydrogens is 202 g/mol. The first-order chi connectivity index (χ1) is 7.63. The second-order valence-electron chi connectivity index (χ2n) is 4.16. The molecule has 0 spiro atoms. The van der Waals surface area contributed by atoms with E-state index in [1.165, 1.54) is 0 Å². The molecule has 1 aromatic heterocycles. The van der Waals surface area contributed by atoms with E-state index in [1.54, 1.807) is 6.20 Å². The molecule has 1 aromatic rings. The molecule has 1 N–H and O–H groups in total. The molecule has 4 nitrogen and oxygen atoms in total. The topological polar surface area (TPSA) is 48.7 Å². The first kappa shape index (κ1) is 12.6. The number of hydrogen-bond acceptors (Lipinski definition) is 4. The molecule has 0 bridgehead atoms. The number of oxime groups is 1. The second kappa shape index (κ2) is 6.23. The fourth-order valence-corrected chi connectivity index (χ4v) is 1.45. The fourth-order valence-electron chi connectivity index (χ4n) is 1.45. The third-order valence-electron chi connectivity index (χ3n) is 2.42. The van der Waals surface area contributed by atoms with Crippen molar-refractivity contribution in [2.75, 3.05) is 6.54 Å². The largest absolute Gasteiger partial charge is 0.411 e. The first-order valence-electron chi connectivity index (χ1n) is 5.45. The van der Waals surface area contributed by atoms with Crippen LogP contribution in [0.15, 0.2) is 29.6 Å². The summed E-state index contributed by atoms with van der Waals surface area (Å²) in [5.74, 6) is 0. The van der Waals surface area contributed by atoms with Crippen LogP contribution in [0.4, 0.5) is 0 Å². The summed E-state index contributed by atoms with van der Waals surface area (Å²) in [6.07, 6.45) is 1.79. The molecule has 0 aliphatic heterocycles. The standard InChI is InChI=1S/C12H19N3O/c1-10(2)15(8-11(3)14-16)9-12-6-4-5-7-13-12/h4-7,10,16H,8-9H2,1-3H3. The van der Waals surface area contributed by atoms with E-state index in [1.807, 2.05) is 25.1 Å². The highest BCUT2D eigenvalue weighted by Crippen LogP contribution is 2.05. The van der Waals surface area contributed by atoms with Crippen LogP contribution in [0.25, 0.3) is 0 Å². The summed E-state index contributed by atoms with van der Waals surface area (Å²) in [5.41, 5.74) is 1.74. The van der Waals surface area contributed by atoms with Gasteiger partial charge in [-0.25, -0.2) is 0 Å². The van der Waals surface area contributed by atoms with E-state index < -0.39 is 0 Å². The molecule has 1 heterocycles. The molecule has 1 rings (SSSR count). The Morgan fingerprint density at radius 2 is 2.25 bits per heavy atom. The minimum atomic E-state index is 0.388. The summed E-state index contributed by atoms with van der Waals surface area (Å²) in [4.78, 5) is 6.50. The number of pyridine rings is 1. The van der Waals surface area contributed by atoms with Gasteiger partial charge in [-0.1, -0.05) is 11.2 Å². The molecule has 88 valence electrons. The summed E-state index contributed by atoms with van der Waals surface area (Å²) >= 11 is 0. The molecule has 0 aliphatic carbocycles. The zero-order valence-electron chi connectivity index (χ0n) is 10.1. The molecule has 0 aromatic carbocycles. The van der Waals surface area contributed by atoms with E-state index in [-0.39, 0.29) is 0 Å². The average molecular weight is 221 g/mol. The fraction of sp³-hybridized carbons (Fsp3) is 0.500. The molecule has 0 amide bonds. The van der Waals surface area contributed by atoms with E-state index in [4.69, 9.17) is 5.21 Å². The zero-order chi connectivity index (χ0) is 12.0. The maximum atomic E-state index is 8.68. The molecular formula is C12H19N3O. The number of rotatable bonds is 5. The molecule has 16 heavy (non-hydrogen) atoms. The second-order valence-corrected chi connectivity index (χ2v) is 4.16. The van der Waals surface area contributed by atoms with E-state index in [0.717, 1.165) is 12.2 Å². The Morgan fingerprint density at radius 1 is 1.50 bits per heavy atom. The Kier molecular flexibility index (Phi) is 4.92. The van der Waals surface area contributed by atoms with E-state index in [9.17, 15) is 0 Å². The lowest BCUT2D eigenvalue weighted by Crippen LogP contribution is -2.34. The van der Waals surface area contributed by atoms with Crippen molar-refractivity contribution < 1.29 is 5.21 Å². The van der Waals surface area contributed by atoms with Gasteiger partial charge in [0.15, 0.2) is 0 Å². The maximum absolute atomic E-state index is 8.68. The predicted molar refractivity (Wildman–Crippen MR) is 64.7 cm³/mol. The smallest absolute Gasteiger partial charge is 0.0680 e. The summed E-state index contributed by atoms with van der Waals surface area (Å²) in [6.45, 7) is 7.48. The van der Waals surface area contributed by atoms with Gasteiger partial charge in [0.05, 0.1) is 11.4 Å². The van der Waals surface area contributed by atoms with Crippen LogP contribution in [-0.4, -0.2) is 33.4 Å². The Hall–Kier alpha value is -1.42. The summed E-state index contributed by atoms with van der Waals surface area (Å²) in [5, 5.41) is 11.9. The minimum Gasteiger partial charge on any atom is -0.411 e. The lowest BCUT2D eigenvalue weighted by molar-refractivity contribution is 0.236. The Labute approximate surface area is 96.6 Å². The molecule has 0 fully saturated rings. The summed E-state index contributed by atoms with van der Waals surface area (Å²) < 4.78 is 0. The quantitative estimate of drug-likeness (QED) is 0.471. The summed E-state index contributed by atoms with van der Waals surface area (Å²) in [7, 11) is 0. The lowest BCUT2D eigenvalue weighted by Gasteiger charge is -2.25. The van der Waals surface area contributed by atoms with Crippen molar-refractivity contribution in [1.29, 1.82) is 0 Å². The van der Waals surface area contributed by atoms with E-state index in [0.29, 0.717) is 18.3 Å². The van der Waals surface area contributed by atoms with Crippen molar-refractivity contribution in [2.24, 2.45) is 5.16 Å². The summed E-state index contributed by atoms with van der Waals surface area (Å²) in [6, 6.07) is 6.27. The third-order valence-corrected chi connectivity index (χ3v) is 2.42. The first-order valence-corrected chi connectivity index (χ1v) is 5.45. The highest BCUT2D eigenvalue weighted by molar-refractivity contribution is 5.83. The van der Waals surface area contributed by atoms with Gasteiger partial charge < -0.3 is 5.21 Å². The molecule has 0 atom stereocenters. The molecule has 0 saturated heterocycles. The van der Waals surface area contributed by atoms with Crippen LogP contribution >= 0.6 is 0 Å². The van der Waals surface area contributed by atoms with E-state index in [2.05, 4.69) is 28.9 Å². The highest BCUT2D eigenvalue weighted by Gasteiger charge is 2.11. The number of hydrogen-bond donors (Lipinski definition) is 1. The van der Waals surface area contributed by atoms with Crippen LogP contribution < -0.4 is 0 Å².